The maximum Gasteiger partial charge on any atom is 0.201 e. The van der Waals surface area contributed by atoms with Crippen LogP contribution in [0.3, 0.4) is 0 Å². The lowest BCUT2D eigenvalue weighted by molar-refractivity contribution is 0.477. The lowest BCUT2D eigenvalue weighted by atomic mass is 9.78. The summed E-state index contributed by atoms with van der Waals surface area (Å²) in [6.07, 6.45) is 5.90. The first-order valence-electron chi connectivity index (χ1n) is 15.6. The molecule has 5 aromatic carbocycles. The molecular weight excluding hydrogens is 550 g/mol. The van der Waals surface area contributed by atoms with E-state index in [2.05, 4.69) is 113 Å². The van der Waals surface area contributed by atoms with Gasteiger partial charge in [-0.05, 0) is 57.0 Å². The van der Waals surface area contributed by atoms with E-state index in [1.807, 2.05) is 30.6 Å². The number of aryl methyl sites for hydroxylation is 1. The highest BCUT2D eigenvalue weighted by Gasteiger charge is 2.24. The summed E-state index contributed by atoms with van der Waals surface area (Å²) in [6.45, 7) is 9.04. The largest absolute Gasteiger partial charge is 0.233 e. The van der Waals surface area contributed by atoms with Gasteiger partial charge in [-0.2, -0.15) is 0 Å². The van der Waals surface area contributed by atoms with Gasteiger partial charge in [0.2, 0.25) is 5.82 Å². The van der Waals surface area contributed by atoms with Crippen molar-refractivity contribution in [3.63, 3.8) is 0 Å². The van der Waals surface area contributed by atoms with Gasteiger partial charge in [0, 0.05) is 29.1 Å². The number of aromatic nitrogens is 5. The zero-order valence-corrected chi connectivity index (χ0v) is 26.1. The minimum atomic E-state index is 0.0391. The summed E-state index contributed by atoms with van der Waals surface area (Å²) in [4.78, 5) is 24.6. The van der Waals surface area contributed by atoms with Gasteiger partial charge in [0.1, 0.15) is 0 Å². The second kappa shape index (κ2) is 11.7. The zero-order valence-electron chi connectivity index (χ0n) is 26.1. The number of fused-ring (bicyclic) bond motifs is 2. The molecule has 45 heavy (non-hydrogen) atoms. The fourth-order valence-electron chi connectivity index (χ4n) is 6.43. The maximum absolute atomic E-state index is 5.14. The Kier molecular flexibility index (Phi) is 7.38. The van der Waals surface area contributed by atoms with Gasteiger partial charge in [-0.3, -0.25) is 0 Å². The molecule has 0 spiro atoms. The first-order chi connectivity index (χ1) is 21.9. The van der Waals surface area contributed by atoms with Crippen LogP contribution in [-0.4, -0.2) is 24.9 Å². The molecule has 7 aromatic rings. The predicted octanol–water partition coefficient (Wildman–Crippen LogP) is 10.0. The molecule has 0 bridgehead atoms. The molecule has 0 aliphatic heterocycles. The Morgan fingerprint density at radius 3 is 1.69 bits per heavy atom. The van der Waals surface area contributed by atoms with E-state index in [1.165, 1.54) is 21.9 Å². The van der Waals surface area contributed by atoms with Crippen LogP contribution >= 0.6 is 0 Å². The van der Waals surface area contributed by atoms with Crippen LogP contribution in [-0.2, 0) is 5.41 Å². The third kappa shape index (κ3) is 5.35. The topological polar surface area (TPSA) is 64.5 Å². The molecule has 0 N–H and O–H groups in total. The van der Waals surface area contributed by atoms with Crippen molar-refractivity contribution >= 4 is 21.5 Å². The van der Waals surface area contributed by atoms with Crippen molar-refractivity contribution in [1.82, 2.24) is 24.9 Å². The van der Waals surface area contributed by atoms with Crippen molar-refractivity contribution in [2.75, 3.05) is 0 Å². The molecule has 0 saturated heterocycles. The number of hydrogen-bond acceptors (Lipinski definition) is 5. The minimum absolute atomic E-state index is 0.0391. The van der Waals surface area contributed by atoms with Crippen molar-refractivity contribution in [2.24, 2.45) is 0 Å². The first kappa shape index (κ1) is 28.5. The van der Waals surface area contributed by atoms with Crippen molar-refractivity contribution in [3.05, 3.63) is 127 Å². The van der Waals surface area contributed by atoms with Crippen molar-refractivity contribution in [1.29, 1.82) is 0 Å². The van der Waals surface area contributed by atoms with Gasteiger partial charge in [-0.25, -0.2) is 24.9 Å². The summed E-state index contributed by atoms with van der Waals surface area (Å²) in [5.41, 5.74) is 6.50. The Morgan fingerprint density at radius 2 is 1.04 bits per heavy atom. The monoisotopic (exact) mass is 585 g/mol. The highest BCUT2D eigenvalue weighted by atomic mass is 15.1. The van der Waals surface area contributed by atoms with Gasteiger partial charge < -0.3 is 0 Å². The SMILES string of the molecule is CCCC(C)(C)c1ccc(-c2nc(-c3ncc(-c4ccccc4)cn3)nc(-c3ccc(C)c4ccccc34)n2)c2ccccc12. The van der Waals surface area contributed by atoms with Gasteiger partial charge in [0.15, 0.2) is 17.5 Å². The fraction of sp³-hybridized carbons (Fsp3) is 0.175. The van der Waals surface area contributed by atoms with Crippen LogP contribution in [0.25, 0.3) is 67.1 Å². The number of nitrogens with zero attached hydrogens (tertiary/aromatic N) is 5. The van der Waals surface area contributed by atoms with Crippen LogP contribution in [0.2, 0.25) is 0 Å². The van der Waals surface area contributed by atoms with Crippen LogP contribution in [0.5, 0.6) is 0 Å². The van der Waals surface area contributed by atoms with E-state index < -0.39 is 0 Å². The molecule has 0 amide bonds. The summed E-state index contributed by atoms with van der Waals surface area (Å²) in [5, 5.41) is 4.62. The molecule has 0 radical (unpaired) electrons. The van der Waals surface area contributed by atoms with E-state index in [9.17, 15) is 0 Å². The molecule has 0 aliphatic carbocycles. The Morgan fingerprint density at radius 1 is 0.511 bits per heavy atom. The lowest BCUT2D eigenvalue weighted by Gasteiger charge is -2.27. The highest BCUT2D eigenvalue weighted by Crippen LogP contribution is 2.38. The van der Waals surface area contributed by atoms with E-state index in [4.69, 9.17) is 24.9 Å². The Balaban J connectivity index is 1.45. The standard InChI is InChI=1S/C40H35N5/c1-5-23-40(3,4)35-22-21-34(31-17-11-12-18-32(31)35)37-43-36(33-20-19-26(2)29-15-9-10-16-30(29)33)44-39(45-37)38-41-24-28(25-42-38)27-13-7-6-8-14-27/h6-22,24-25H,5,23H2,1-4H3. The minimum Gasteiger partial charge on any atom is -0.233 e. The van der Waals surface area contributed by atoms with E-state index in [1.54, 1.807) is 0 Å². The van der Waals surface area contributed by atoms with Crippen LogP contribution in [0.1, 0.15) is 44.7 Å². The molecule has 0 unspecified atom stereocenters. The second-order valence-electron chi connectivity index (χ2n) is 12.3. The molecule has 2 heterocycles. The fourth-order valence-corrected chi connectivity index (χ4v) is 6.43. The number of benzene rings is 5. The number of rotatable bonds is 7. The number of hydrogen-bond donors (Lipinski definition) is 0. The molecule has 7 rings (SSSR count). The van der Waals surface area contributed by atoms with Crippen molar-refractivity contribution in [3.8, 4) is 45.6 Å². The normalized spacial score (nSPS) is 11.7. The predicted molar refractivity (Wildman–Crippen MR) is 185 cm³/mol. The van der Waals surface area contributed by atoms with Gasteiger partial charge in [0.05, 0.1) is 0 Å². The highest BCUT2D eigenvalue weighted by molar-refractivity contribution is 5.99. The Bertz CT molecular complexity index is 2150. The molecule has 5 nitrogen and oxygen atoms in total. The molecule has 220 valence electrons. The summed E-state index contributed by atoms with van der Waals surface area (Å²) >= 11 is 0. The molecule has 2 aromatic heterocycles. The van der Waals surface area contributed by atoms with Crippen LogP contribution in [0.4, 0.5) is 0 Å². The third-order valence-electron chi connectivity index (χ3n) is 8.75. The van der Waals surface area contributed by atoms with Crippen LogP contribution < -0.4 is 0 Å². The van der Waals surface area contributed by atoms with Crippen molar-refractivity contribution in [2.45, 2.75) is 46.0 Å². The molecule has 0 aliphatic rings. The molecular formula is C40H35N5. The lowest BCUT2D eigenvalue weighted by Crippen LogP contribution is -2.17. The molecule has 0 saturated carbocycles. The molecule has 5 heteroatoms. The van der Waals surface area contributed by atoms with Gasteiger partial charge in [0.25, 0.3) is 0 Å². The summed E-state index contributed by atoms with van der Waals surface area (Å²) in [5.74, 6) is 2.10. The summed E-state index contributed by atoms with van der Waals surface area (Å²) in [7, 11) is 0. The van der Waals surface area contributed by atoms with Gasteiger partial charge >= 0.3 is 0 Å². The van der Waals surface area contributed by atoms with Gasteiger partial charge in [-0.1, -0.05) is 130 Å². The van der Waals surface area contributed by atoms with E-state index >= 15 is 0 Å². The zero-order chi connectivity index (χ0) is 31.0. The van der Waals surface area contributed by atoms with Crippen LogP contribution in [0, 0.1) is 6.92 Å². The van der Waals surface area contributed by atoms with E-state index in [0.717, 1.165) is 45.9 Å². The average Bonchev–Trinajstić information content (AvgIpc) is 3.08. The Labute approximate surface area is 264 Å². The smallest absolute Gasteiger partial charge is 0.201 e. The third-order valence-corrected chi connectivity index (χ3v) is 8.75. The van der Waals surface area contributed by atoms with Crippen LogP contribution in [0.15, 0.2) is 116 Å². The average molecular weight is 586 g/mol. The summed E-state index contributed by atoms with van der Waals surface area (Å²) < 4.78 is 0. The van der Waals surface area contributed by atoms with E-state index in [0.29, 0.717) is 23.3 Å². The maximum atomic E-state index is 5.14. The Hall–Kier alpha value is -5.29. The quantitative estimate of drug-likeness (QED) is 0.186. The first-order valence-corrected chi connectivity index (χ1v) is 15.6. The molecule has 0 fully saturated rings. The second-order valence-corrected chi connectivity index (χ2v) is 12.3. The van der Waals surface area contributed by atoms with Crippen molar-refractivity contribution < 1.29 is 0 Å². The molecule has 0 atom stereocenters. The van der Waals surface area contributed by atoms with E-state index in [-0.39, 0.29) is 5.41 Å². The van der Waals surface area contributed by atoms with Gasteiger partial charge in [-0.15, -0.1) is 0 Å². The summed E-state index contributed by atoms with van der Waals surface area (Å²) in [6, 6.07) is 35.8.